The van der Waals surface area contributed by atoms with Crippen molar-refractivity contribution in [3.63, 3.8) is 0 Å². The second-order valence-corrected chi connectivity index (χ2v) is 6.97. The number of anilines is 1. The van der Waals surface area contributed by atoms with Gasteiger partial charge in [0.15, 0.2) is 5.78 Å². The van der Waals surface area contributed by atoms with Gasteiger partial charge in [0, 0.05) is 24.2 Å². The molecule has 3 rings (SSSR count). The Labute approximate surface area is 162 Å². The van der Waals surface area contributed by atoms with Gasteiger partial charge in [-0.3, -0.25) is 4.79 Å². The molecule has 0 radical (unpaired) electrons. The van der Waals surface area contributed by atoms with E-state index >= 15 is 0 Å². The molecule has 0 spiro atoms. The number of ketones is 1. The van der Waals surface area contributed by atoms with Crippen LogP contribution in [0.5, 0.6) is 0 Å². The molecule has 3 aromatic carbocycles. The Morgan fingerprint density at radius 3 is 2.11 bits per heavy atom. The number of hydrogen-bond acceptors (Lipinski definition) is 2. The van der Waals surface area contributed by atoms with E-state index in [-0.39, 0.29) is 5.78 Å². The highest BCUT2D eigenvalue weighted by atomic mass is 16.1. The maximum Gasteiger partial charge on any atom is 0.164 e. The molecule has 0 saturated carbocycles. The van der Waals surface area contributed by atoms with Crippen LogP contribution in [0.25, 0.3) is 11.1 Å². The molecule has 1 N–H and O–H groups in total. The summed E-state index contributed by atoms with van der Waals surface area (Å²) in [7, 11) is 0. The quantitative estimate of drug-likeness (QED) is 0.463. The third-order valence-corrected chi connectivity index (χ3v) is 5.09. The van der Waals surface area contributed by atoms with E-state index in [0.717, 1.165) is 23.2 Å². The monoisotopic (exact) mass is 357 g/mol. The van der Waals surface area contributed by atoms with E-state index in [9.17, 15) is 4.79 Å². The van der Waals surface area contributed by atoms with Crippen LogP contribution in [0.4, 0.5) is 5.69 Å². The number of Topliss-reactive ketones (excluding diaryl/α,β-unsaturated/α-hetero) is 1. The number of rotatable bonds is 8. The summed E-state index contributed by atoms with van der Waals surface area (Å²) in [4.78, 5) is 12.4. The standard InChI is InChI=1S/C25H27NO/c1-3-19(2)20-13-15-24(16-14-20)26-18-17-25(27)23-11-9-22(10-12-23)21-7-5-4-6-8-21/h4-16,19,26H,3,17-18H2,1-2H3. The summed E-state index contributed by atoms with van der Waals surface area (Å²) in [5.41, 5.74) is 5.49. The van der Waals surface area contributed by atoms with Gasteiger partial charge >= 0.3 is 0 Å². The molecule has 0 aliphatic rings. The molecule has 27 heavy (non-hydrogen) atoms. The van der Waals surface area contributed by atoms with Crippen LogP contribution in [0.2, 0.25) is 0 Å². The van der Waals surface area contributed by atoms with Crippen molar-refractivity contribution in [2.75, 3.05) is 11.9 Å². The van der Waals surface area contributed by atoms with Gasteiger partial charge in [0.1, 0.15) is 0 Å². The van der Waals surface area contributed by atoms with Gasteiger partial charge in [0.2, 0.25) is 0 Å². The maximum absolute atomic E-state index is 12.4. The van der Waals surface area contributed by atoms with Crippen molar-refractivity contribution in [1.29, 1.82) is 0 Å². The molecule has 0 amide bonds. The average Bonchev–Trinajstić information content (AvgIpc) is 2.74. The highest BCUT2D eigenvalue weighted by Gasteiger charge is 2.07. The van der Waals surface area contributed by atoms with Crippen LogP contribution in [0.15, 0.2) is 78.9 Å². The largest absolute Gasteiger partial charge is 0.385 e. The lowest BCUT2D eigenvalue weighted by atomic mass is 9.98. The lowest BCUT2D eigenvalue weighted by molar-refractivity contribution is 0.0986. The Morgan fingerprint density at radius 1 is 0.852 bits per heavy atom. The van der Waals surface area contributed by atoms with Crippen molar-refractivity contribution in [3.05, 3.63) is 90.0 Å². The average molecular weight is 357 g/mol. The summed E-state index contributed by atoms with van der Waals surface area (Å²) >= 11 is 0. The van der Waals surface area contributed by atoms with Gasteiger partial charge in [-0.25, -0.2) is 0 Å². The second kappa shape index (κ2) is 9.18. The number of carbonyl (C=O) groups excluding carboxylic acids is 1. The van der Waals surface area contributed by atoms with Crippen LogP contribution in [-0.4, -0.2) is 12.3 Å². The van der Waals surface area contributed by atoms with Crippen LogP contribution < -0.4 is 5.32 Å². The van der Waals surface area contributed by atoms with E-state index in [1.54, 1.807) is 0 Å². The predicted molar refractivity (Wildman–Crippen MR) is 114 cm³/mol. The zero-order valence-electron chi connectivity index (χ0n) is 16.1. The van der Waals surface area contributed by atoms with Gasteiger partial charge < -0.3 is 5.32 Å². The maximum atomic E-state index is 12.4. The van der Waals surface area contributed by atoms with E-state index in [1.165, 1.54) is 11.1 Å². The summed E-state index contributed by atoms with van der Waals surface area (Å²) in [6, 6.07) is 26.6. The van der Waals surface area contributed by atoms with Crippen molar-refractivity contribution in [3.8, 4) is 11.1 Å². The first kappa shape index (κ1) is 18.9. The van der Waals surface area contributed by atoms with Crippen LogP contribution in [-0.2, 0) is 0 Å². The third-order valence-electron chi connectivity index (χ3n) is 5.09. The molecule has 3 aromatic rings. The smallest absolute Gasteiger partial charge is 0.164 e. The zero-order chi connectivity index (χ0) is 19.1. The lowest BCUT2D eigenvalue weighted by Crippen LogP contribution is -2.09. The fourth-order valence-corrected chi connectivity index (χ4v) is 3.11. The van der Waals surface area contributed by atoms with Gasteiger partial charge in [0.05, 0.1) is 0 Å². The van der Waals surface area contributed by atoms with Crippen molar-refractivity contribution in [1.82, 2.24) is 0 Å². The van der Waals surface area contributed by atoms with Crippen LogP contribution in [0.1, 0.15) is 48.5 Å². The number of benzene rings is 3. The number of nitrogens with one attached hydrogen (secondary N) is 1. The third kappa shape index (κ3) is 5.07. The topological polar surface area (TPSA) is 29.1 Å². The highest BCUT2D eigenvalue weighted by Crippen LogP contribution is 2.21. The minimum absolute atomic E-state index is 0.165. The Bertz CT molecular complexity index is 851. The van der Waals surface area contributed by atoms with E-state index in [0.29, 0.717) is 18.9 Å². The molecule has 0 saturated heterocycles. The van der Waals surface area contributed by atoms with Crippen LogP contribution >= 0.6 is 0 Å². The number of carbonyl (C=O) groups is 1. The fraction of sp³-hybridized carbons (Fsp3) is 0.240. The van der Waals surface area contributed by atoms with Gasteiger partial charge in [0.25, 0.3) is 0 Å². The van der Waals surface area contributed by atoms with Crippen molar-refractivity contribution in [2.45, 2.75) is 32.6 Å². The first-order chi connectivity index (χ1) is 13.2. The zero-order valence-corrected chi connectivity index (χ0v) is 16.1. The summed E-state index contributed by atoms with van der Waals surface area (Å²) in [6.45, 7) is 5.08. The molecule has 0 fully saturated rings. The van der Waals surface area contributed by atoms with Crippen LogP contribution in [0, 0.1) is 0 Å². The molecular weight excluding hydrogens is 330 g/mol. The SMILES string of the molecule is CCC(C)c1ccc(NCCC(=O)c2ccc(-c3ccccc3)cc2)cc1. The van der Waals surface area contributed by atoms with Crippen LogP contribution in [0.3, 0.4) is 0 Å². The van der Waals surface area contributed by atoms with Crippen molar-refractivity contribution in [2.24, 2.45) is 0 Å². The van der Waals surface area contributed by atoms with E-state index in [4.69, 9.17) is 0 Å². The molecule has 1 atom stereocenters. The van der Waals surface area contributed by atoms with Gasteiger partial charge in [-0.15, -0.1) is 0 Å². The Kier molecular flexibility index (Phi) is 6.43. The normalized spacial score (nSPS) is 11.8. The summed E-state index contributed by atoms with van der Waals surface area (Å²) in [5, 5.41) is 3.35. The fourth-order valence-electron chi connectivity index (χ4n) is 3.11. The summed E-state index contributed by atoms with van der Waals surface area (Å²) in [5.74, 6) is 0.748. The molecular formula is C25H27NO. The molecule has 138 valence electrons. The van der Waals surface area contributed by atoms with Gasteiger partial charge in [-0.1, -0.05) is 80.6 Å². The van der Waals surface area contributed by atoms with E-state index < -0.39 is 0 Å². The van der Waals surface area contributed by atoms with Gasteiger partial charge in [-0.05, 0) is 41.2 Å². The van der Waals surface area contributed by atoms with E-state index in [1.807, 2.05) is 42.5 Å². The summed E-state index contributed by atoms with van der Waals surface area (Å²) < 4.78 is 0. The first-order valence-corrected chi connectivity index (χ1v) is 9.70. The molecule has 1 unspecified atom stereocenters. The molecule has 0 aromatic heterocycles. The molecule has 0 heterocycles. The molecule has 0 aliphatic carbocycles. The minimum Gasteiger partial charge on any atom is -0.385 e. The Balaban J connectivity index is 1.52. The number of hydrogen-bond donors (Lipinski definition) is 1. The van der Waals surface area contributed by atoms with Gasteiger partial charge in [-0.2, -0.15) is 0 Å². The molecule has 0 bridgehead atoms. The highest BCUT2D eigenvalue weighted by molar-refractivity contribution is 5.96. The predicted octanol–water partition coefficient (Wildman–Crippen LogP) is 6.55. The first-order valence-electron chi connectivity index (χ1n) is 9.70. The van der Waals surface area contributed by atoms with E-state index in [2.05, 4.69) is 55.6 Å². The Morgan fingerprint density at radius 2 is 1.48 bits per heavy atom. The second-order valence-electron chi connectivity index (χ2n) is 6.97. The molecule has 2 nitrogen and oxygen atoms in total. The lowest BCUT2D eigenvalue weighted by Gasteiger charge is -2.11. The molecule has 0 aliphatic heterocycles. The summed E-state index contributed by atoms with van der Waals surface area (Å²) in [6.07, 6.45) is 1.63. The van der Waals surface area contributed by atoms with Crippen molar-refractivity contribution < 1.29 is 4.79 Å². The molecule has 2 heteroatoms. The van der Waals surface area contributed by atoms with Crippen molar-refractivity contribution >= 4 is 11.5 Å². The minimum atomic E-state index is 0.165. The Hall–Kier alpha value is -2.87.